The zero-order chi connectivity index (χ0) is 24.4. The van der Waals surface area contributed by atoms with Gasteiger partial charge in [-0.2, -0.15) is 0 Å². The average molecular weight is 490 g/mol. The molecule has 4 aromatic rings. The fourth-order valence-electron chi connectivity index (χ4n) is 4.11. The number of piperidine rings is 1. The van der Waals surface area contributed by atoms with Crippen molar-refractivity contribution in [3.63, 3.8) is 0 Å². The van der Waals surface area contributed by atoms with Gasteiger partial charge in [0, 0.05) is 28.8 Å². The van der Waals surface area contributed by atoms with Crippen LogP contribution in [0.2, 0.25) is 0 Å². The minimum atomic E-state index is -0.366. The minimum absolute atomic E-state index is 0.196. The predicted octanol–water partition coefficient (Wildman–Crippen LogP) is 5.31. The van der Waals surface area contributed by atoms with Crippen molar-refractivity contribution >= 4 is 34.8 Å². The van der Waals surface area contributed by atoms with E-state index in [1.54, 1.807) is 12.1 Å². The lowest BCUT2D eigenvalue weighted by Gasteiger charge is -2.33. The molecule has 9 heteroatoms. The Morgan fingerprint density at radius 3 is 2.49 bits per heavy atom. The Hall–Kier alpha value is -3.46. The predicted molar refractivity (Wildman–Crippen MR) is 136 cm³/mol. The van der Waals surface area contributed by atoms with Gasteiger partial charge in [0.05, 0.1) is 11.7 Å². The molecule has 5 rings (SSSR count). The Morgan fingerprint density at radius 1 is 1.06 bits per heavy atom. The van der Waals surface area contributed by atoms with Gasteiger partial charge in [-0.25, -0.2) is 19.4 Å². The second-order valence-corrected chi connectivity index (χ2v) is 10.3. The topological polar surface area (TPSA) is 94.2 Å². The fourth-order valence-corrected chi connectivity index (χ4v) is 5.24. The number of nitrogens with zero attached hydrogens (tertiary/aromatic N) is 5. The summed E-state index contributed by atoms with van der Waals surface area (Å²) in [6, 6.07) is 16.0. The minimum Gasteiger partial charge on any atom is -0.459 e. The number of rotatable bonds is 6. The Morgan fingerprint density at radius 2 is 1.77 bits per heavy atom. The van der Waals surface area contributed by atoms with Crippen LogP contribution in [0.3, 0.4) is 0 Å². The van der Waals surface area contributed by atoms with Gasteiger partial charge in [0.1, 0.15) is 5.69 Å². The van der Waals surface area contributed by atoms with E-state index in [2.05, 4.69) is 46.4 Å². The van der Waals surface area contributed by atoms with Crippen LogP contribution in [0.25, 0.3) is 22.6 Å². The zero-order valence-corrected chi connectivity index (χ0v) is 20.8. The molecule has 0 unspecified atom stereocenters. The van der Waals surface area contributed by atoms with E-state index >= 15 is 0 Å². The molecule has 0 amide bonds. The highest BCUT2D eigenvalue weighted by atomic mass is 32.2. The number of esters is 1. The number of hydrogen-bond donors (Lipinski definition) is 0. The van der Waals surface area contributed by atoms with Crippen LogP contribution in [0, 0.1) is 6.92 Å². The molecule has 0 aliphatic carbocycles. The van der Waals surface area contributed by atoms with Crippen molar-refractivity contribution in [3.05, 3.63) is 59.7 Å². The summed E-state index contributed by atoms with van der Waals surface area (Å²) in [7, 11) is 0. The molecule has 3 heterocycles. The van der Waals surface area contributed by atoms with Gasteiger partial charge in [-0.3, -0.25) is 0 Å². The molecule has 0 atom stereocenters. The lowest BCUT2D eigenvalue weighted by Crippen LogP contribution is -2.35. The number of aromatic nitrogens is 4. The third-order valence-electron chi connectivity index (χ3n) is 5.88. The number of carbonyl (C=O) groups is 1. The van der Waals surface area contributed by atoms with Crippen LogP contribution in [0.4, 0.5) is 5.82 Å². The number of benzene rings is 2. The maximum atomic E-state index is 12.5. The van der Waals surface area contributed by atoms with E-state index in [9.17, 15) is 4.79 Å². The van der Waals surface area contributed by atoms with Crippen LogP contribution in [-0.4, -0.2) is 50.7 Å². The van der Waals surface area contributed by atoms with Crippen LogP contribution in [0.15, 0.2) is 58.1 Å². The first-order valence-electron chi connectivity index (χ1n) is 11.8. The second kappa shape index (κ2) is 10.0. The molecular formula is C26H27N5O3S. The number of anilines is 1. The maximum Gasteiger partial charge on any atom is 0.338 e. The van der Waals surface area contributed by atoms with Crippen LogP contribution >= 0.6 is 11.8 Å². The molecular weight excluding hydrogens is 462 g/mol. The number of ether oxygens (including phenoxy) is 1. The van der Waals surface area contributed by atoms with E-state index < -0.39 is 0 Å². The van der Waals surface area contributed by atoms with Crippen molar-refractivity contribution in [2.24, 2.45) is 0 Å². The first-order valence-corrected chi connectivity index (χ1v) is 12.6. The summed E-state index contributed by atoms with van der Waals surface area (Å²) < 4.78 is 10.2. The van der Waals surface area contributed by atoms with E-state index in [1.807, 2.05) is 37.7 Å². The maximum absolute atomic E-state index is 12.5. The normalized spacial score (nSPS) is 14.6. The lowest BCUT2D eigenvalue weighted by atomic mass is 10.1. The quantitative estimate of drug-likeness (QED) is 0.334. The molecule has 35 heavy (non-hydrogen) atoms. The molecule has 0 N–H and O–H groups in total. The molecule has 0 spiro atoms. The SMILES string of the molecule is Cc1ccc(SC2CCN(c3nc4nonc4nc3-c3cccc(C(=O)OC(C)C)c3)CC2)cc1. The molecule has 2 aromatic carbocycles. The first kappa shape index (κ1) is 23.3. The second-order valence-electron chi connectivity index (χ2n) is 8.96. The van der Waals surface area contributed by atoms with E-state index in [-0.39, 0.29) is 12.1 Å². The fraction of sp³-hybridized carbons (Fsp3) is 0.346. The van der Waals surface area contributed by atoms with Crippen molar-refractivity contribution in [1.82, 2.24) is 20.3 Å². The Labute approximate surface area is 208 Å². The highest BCUT2D eigenvalue weighted by molar-refractivity contribution is 8.00. The van der Waals surface area contributed by atoms with Crippen molar-refractivity contribution in [2.75, 3.05) is 18.0 Å². The lowest BCUT2D eigenvalue weighted by molar-refractivity contribution is 0.0378. The van der Waals surface area contributed by atoms with Crippen LogP contribution in [-0.2, 0) is 4.74 Å². The molecule has 1 aliphatic heterocycles. The summed E-state index contributed by atoms with van der Waals surface area (Å²) in [6.45, 7) is 7.46. The molecule has 2 aromatic heterocycles. The molecule has 1 fully saturated rings. The number of fused-ring (bicyclic) bond motifs is 1. The van der Waals surface area contributed by atoms with Gasteiger partial charge in [-0.1, -0.05) is 29.8 Å². The molecule has 8 nitrogen and oxygen atoms in total. The van der Waals surface area contributed by atoms with Gasteiger partial charge >= 0.3 is 5.97 Å². The molecule has 0 bridgehead atoms. The van der Waals surface area contributed by atoms with Crippen LogP contribution in [0.1, 0.15) is 42.6 Å². The summed E-state index contributed by atoms with van der Waals surface area (Å²) in [5.41, 5.74) is 3.87. The van der Waals surface area contributed by atoms with E-state index in [0.29, 0.717) is 27.8 Å². The Kier molecular flexibility index (Phi) is 6.68. The van der Waals surface area contributed by atoms with Gasteiger partial charge < -0.3 is 9.64 Å². The molecule has 1 saturated heterocycles. The molecule has 1 aliphatic rings. The largest absolute Gasteiger partial charge is 0.459 e. The summed E-state index contributed by atoms with van der Waals surface area (Å²) in [5.74, 6) is 0.357. The monoisotopic (exact) mass is 489 g/mol. The highest BCUT2D eigenvalue weighted by Gasteiger charge is 2.26. The zero-order valence-electron chi connectivity index (χ0n) is 20.0. The van der Waals surface area contributed by atoms with Crippen molar-refractivity contribution < 1.29 is 14.2 Å². The average Bonchev–Trinajstić information content (AvgIpc) is 3.32. The number of carbonyl (C=O) groups excluding carboxylic acids is 1. The van der Waals surface area contributed by atoms with Crippen LogP contribution in [0.5, 0.6) is 0 Å². The summed E-state index contributed by atoms with van der Waals surface area (Å²) >= 11 is 1.93. The summed E-state index contributed by atoms with van der Waals surface area (Å²) in [5, 5.41) is 8.32. The standard InChI is InChI=1S/C26H27N5O3S/c1-16(2)33-26(32)19-6-4-5-18(15-19)22-25(28-24-23(27-22)29-34-30-24)31-13-11-21(12-14-31)35-20-9-7-17(3)8-10-20/h4-10,15-16,21H,11-14H2,1-3H3. The van der Waals surface area contributed by atoms with Crippen LogP contribution < -0.4 is 4.90 Å². The number of aryl methyl sites for hydroxylation is 1. The van der Waals surface area contributed by atoms with Crippen molar-refractivity contribution in [2.45, 2.75) is 49.9 Å². The first-order chi connectivity index (χ1) is 17.0. The third kappa shape index (κ3) is 5.30. The van der Waals surface area contributed by atoms with Gasteiger partial charge in [0.25, 0.3) is 0 Å². The molecule has 0 radical (unpaired) electrons. The Bertz CT molecular complexity index is 1330. The van der Waals surface area contributed by atoms with Crippen molar-refractivity contribution in [3.8, 4) is 11.3 Å². The Balaban J connectivity index is 1.40. The van der Waals surface area contributed by atoms with Gasteiger partial charge in [-0.15, -0.1) is 11.8 Å². The van der Waals surface area contributed by atoms with E-state index in [4.69, 9.17) is 19.3 Å². The summed E-state index contributed by atoms with van der Waals surface area (Å²) in [4.78, 5) is 25.5. The van der Waals surface area contributed by atoms with E-state index in [1.165, 1.54) is 10.5 Å². The number of hydrogen-bond acceptors (Lipinski definition) is 9. The third-order valence-corrected chi connectivity index (χ3v) is 7.22. The van der Waals surface area contributed by atoms with Gasteiger partial charge in [-0.05, 0) is 68.2 Å². The highest BCUT2D eigenvalue weighted by Crippen LogP contribution is 2.35. The number of thioether (sulfide) groups is 1. The summed E-state index contributed by atoms with van der Waals surface area (Å²) in [6.07, 6.45) is 1.85. The van der Waals surface area contributed by atoms with Gasteiger partial charge in [0.2, 0.25) is 11.3 Å². The molecule has 180 valence electrons. The van der Waals surface area contributed by atoms with Crippen molar-refractivity contribution in [1.29, 1.82) is 0 Å². The smallest absolute Gasteiger partial charge is 0.338 e. The van der Waals surface area contributed by atoms with E-state index in [0.717, 1.165) is 37.3 Å². The molecule has 0 saturated carbocycles. The van der Waals surface area contributed by atoms with Gasteiger partial charge in [0.15, 0.2) is 5.82 Å².